The van der Waals surface area contributed by atoms with E-state index in [-0.39, 0.29) is 17.8 Å². The molecule has 0 fully saturated rings. The van der Waals surface area contributed by atoms with Crippen molar-refractivity contribution < 1.29 is 9.18 Å². The minimum absolute atomic E-state index is 0.00570. The summed E-state index contributed by atoms with van der Waals surface area (Å²) < 4.78 is 12.8. The molecule has 0 radical (unpaired) electrons. The zero-order valence-electron chi connectivity index (χ0n) is 10.5. The van der Waals surface area contributed by atoms with Gasteiger partial charge >= 0.3 is 0 Å². The third-order valence-electron chi connectivity index (χ3n) is 2.47. The molecule has 1 unspecified atom stereocenters. The molecule has 0 bridgehead atoms. The van der Waals surface area contributed by atoms with E-state index in [0.717, 1.165) is 17.7 Å². The lowest BCUT2D eigenvalue weighted by molar-refractivity contribution is -0.119. The fourth-order valence-corrected chi connectivity index (χ4v) is 2.25. The summed E-state index contributed by atoms with van der Waals surface area (Å²) in [6.07, 6.45) is 0.922. The quantitative estimate of drug-likeness (QED) is 0.746. The number of nitrogens with two attached hydrogens (primary N) is 1. The molecule has 0 aliphatic carbocycles. The Bertz CT molecular complexity index is 370. The second-order valence-corrected chi connectivity index (χ2v) is 5.14. The van der Waals surface area contributed by atoms with Crippen LogP contribution < -0.4 is 11.1 Å². The van der Waals surface area contributed by atoms with E-state index in [9.17, 15) is 9.18 Å². The van der Waals surface area contributed by atoms with Crippen LogP contribution in [0.2, 0.25) is 0 Å². The van der Waals surface area contributed by atoms with Gasteiger partial charge in [0.05, 0.1) is 11.8 Å². The first-order valence-corrected chi connectivity index (χ1v) is 7.11. The molecule has 0 aliphatic heterocycles. The summed E-state index contributed by atoms with van der Waals surface area (Å²) in [6.45, 7) is 2.54. The first-order valence-electron chi connectivity index (χ1n) is 5.96. The Balaban J connectivity index is 2.33. The van der Waals surface area contributed by atoms with E-state index in [0.29, 0.717) is 12.3 Å². The first kappa shape index (κ1) is 15.0. The van der Waals surface area contributed by atoms with Gasteiger partial charge in [0.2, 0.25) is 5.91 Å². The highest BCUT2D eigenvalue weighted by molar-refractivity contribution is 7.99. The van der Waals surface area contributed by atoms with Gasteiger partial charge in [-0.2, -0.15) is 11.8 Å². The van der Waals surface area contributed by atoms with Gasteiger partial charge in [-0.3, -0.25) is 4.79 Å². The van der Waals surface area contributed by atoms with Gasteiger partial charge in [0, 0.05) is 0 Å². The Hall–Kier alpha value is -1.07. The van der Waals surface area contributed by atoms with Gasteiger partial charge in [-0.25, -0.2) is 4.39 Å². The lowest BCUT2D eigenvalue weighted by Crippen LogP contribution is -2.28. The molecular weight excluding hydrogens is 251 g/mol. The second kappa shape index (κ2) is 8.11. The van der Waals surface area contributed by atoms with Gasteiger partial charge < -0.3 is 11.1 Å². The summed E-state index contributed by atoms with van der Waals surface area (Å²) >= 11 is 1.57. The number of hydrogen-bond acceptors (Lipinski definition) is 3. The van der Waals surface area contributed by atoms with E-state index in [4.69, 9.17) is 5.73 Å². The Morgan fingerprint density at radius 3 is 2.72 bits per heavy atom. The van der Waals surface area contributed by atoms with Crippen LogP contribution in [0.25, 0.3) is 0 Å². The average Bonchev–Trinajstić information content (AvgIpc) is 2.35. The zero-order valence-corrected chi connectivity index (χ0v) is 11.3. The van der Waals surface area contributed by atoms with E-state index in [2.05, 4.69) is 5.32 Å². The number of carbonyl (C=O) groups excluding carboxylic acids is 1. The topological polar surface area (TPSA) is 55.1 Å². The molecule has 0 saturated carbocycles. The Kier molecular flexibility index (Phi) is 6.75. The molecule has 0 aromatic heterocycles. The van der Waals surface area contributed by atoms with Crippen molar-refractivity contribution in [2.45, 2.75) is 19.4 Å². The number of carbonyl (C=O) groups is 1. The molecule has 0 aliphatic rings. The highest BCUT2D eigenvalue weighted by Gasteiger charge is 2.09. The highest BCUT2D eigenvalue weighted by atomic mass is 32.2. The monoisotopic (exact) mass is 270 g/mol. The summed E-state index contributed by atoms with van der Waals surface area (Å²) in [4.78, 5) is 11.6. The molecule has 0 saturated heterocycles. The summed E-state index contributed by atoms with van der Waals surface area (Å²) in [7, 11) is 0. The third kappa shape index (κ3) is 5.51. The maximum atomic E-state index is 12.8. The third-order valence-corrected chi connectivity index (χ3v) is 3.52. The lowest BCUT2D eigenvalue weighted by atomic mass is 10.1. The summed E-state index contributed by atoms with van der Waals surface area (Å²) in [5, 5.41) is 2.88. The molecule has 5 heteroatoms. The normalized spacial score (nSPS) is 12.2. The van der Waals surface area contributed by atoms with Crippen LogP contribution >= 0.6 is 11.8 Å². The van der Waals surface area contributed by atoms with Crippen LogP contribution in [-0.2, 0) is 4.79 Å². The molecule has 3 N–H and O–H groups in total. The van der Waals surface area contributed by atoms with Gasteiger partial charge in [-0.05, 0) is 43.3 Å². The summed E-state index contributed by atoms with van der Waals surface area (Å²) in [5.74, 6) is 1.06. The van der Waals surface area contributed by atoms with Crippen molar-refractivity contribution in [3.63, 3.8) is 0 Å². The van der Waals surface area contributed by atoms with E-state index >= 15 is 0 Å². The molecule has 100 valence electrons. The standard InChI is InChI=1S/C13H19FN2OS/c1-10(11-3-5-12(14)6-4-11)16-13(17)9-18-8-2-7-15/h3-6,10H,2,7-9,15H2,1H3,(H,16,17). The molecule has 0 spiro atoms. The number of rotatable bonds is 7. The molecule has 1 aromatic rings. The SMILES string of the molecule is CC(NC(=O)CSCCCN)c1ccc(F)cc1. The molecule has 1 atom stereocenters. The lowest BCUT2D eigenvalue weighted by Gasteiger charge is -2.14. The molecule has 1 rings (SSSR count). The smallest absolute Gasteiger partial charge is 0.230 e. The van der Waals surface area contributed by atoms with Crippen molar-refractivity contribution in [2.75, 3.05) is 18.1 Å². The Labute approximate surface area is 111 Å². The predicted molar refractivity (Wildman–Crippen MR) is 74.0 cm³/mol. The fraction of sp³-hybridized carbons (Fsp3) is 0.462. The largest absolute Gasteiger partial charge is 0.349 e. The molecule has 3 nitrogen and oxygen atoms in total. The molecule has 18 heavy (non-hydrogen) atoms. The van der Waals surface area contributed by atoms with Crippen LogP contribution in [0.15, 0.2) is 24.3 Å². The van der Waals surface area contributed by atoms with Gasteiger partial charge in [0.25, 0.3) is 0 Å². The molecule has 1 aromatic carbocycles. The minimum Gasteiger partial charge on any atom is -0.349 e. The fourth-order valence-electron chi connectivity index (χ4n) is 1.47. The van der Waals surface area contributed by atoms with Crippen LogP contribution in [0.3, 0.4) is 0 Å². The van der Waals surface area contributed by atoms with Crippen LogP contribution in [0.5, 0.6) is 0 Å². The number of amides is 1. The van der Waals surface area contributed by atoms with Crippen LogP contribution in [0.4, 0.5) is 4.39 Å². The van der Waals surface area contributed by atoms with Crippen molar-refractivity contribution >= 4 is 17.7 Å². The molecule has 0 heterocycles. The second-order valence-electron chi connectivity index (χ2n) is 4.04. The number of benzene rings is 1. The maximum absolute atomic E-state index is 12.8. The van der Waals surface area contributed by atoms with Crippen molar-refractivity contribution in [2.24, 2.45) is 5.73 Å². The van der Waals surface area contributed by atoms with Crippen molar-refractivity contribution in [3.8, 4) is 0 Å². The highest BCUT2D eigenvalue weighted by Crippen LogP contribution is 2.13. The first-order chi connectivity index (χ1) is 8.63. The van der Waals surface area contributed by atoms with E-state index in [1.165, 1.54) is 12.1 Å². The summed E-state index contributed by atoms with van der Waals surface area (Å²) in [5.41, 5.74) is 6.27. The Morgan fingerprint density at radius 2 is 2.11 bits per heavy atom. The minimum atomic E-state index is -0.269. The number of halogens is 1. The molecule has 1 amide bonds. The van der Waals surface area contributed by atoms with Gasteiger partial charge in [0.15, 0.2) is 0 Å². The van der Waals surface area contributed by atoms with Crippen molar-refractivity contribution in [1.82, 2.24) is 5.32 Å². The molecular formula is C13H19FN2OS. The predicted octanol–water partition coefficient (Wildman–Crippen LogP) is 2.08. The van der Waals surface area contributed by atoms with Crippen molar-refractivity contribution in [3.05, 3.63) is 35.6 Å². The van der Waals surface area contributed by atoms with Crippen LogP contribution in [0, 0.1) is 5.82 Å². The number of hydrogen-bond donors (Lipinski definition) is 2. The van der Waals surface area contributed by atoms with E-state index < -0.39 is 0 Å². The number of thioether (sulfide) groups is 1. The van der Waals surface area contributed by atoms with Gasteiger partial charge in [0.1, 0.15) is 5.82 Å². The van der Waals surface area contributed by atoms with Gasteiger partial charge in [-0.1, -0.05) is 12.1 Å². The van der Waals surface area contributed by atoms with Crippen molar-refractivity contribution in [1.29, 1.82) is 0 Å². The van der Waals surface area contributed by atoms with Gasteiger partial charge in [-0.15, -0.1) is 0 Å². The number of nitrogens with one attached hydrogen (secondary N) is 1. The zero-order chi connectivity index (χ0) is 13.4. The summed E-state index contributed by atoms with van der Waals surface area (Å²) in [6, 6.07) is 6.05. The van der Waals surface area contributed by atoms with Crippen LogP contribution in [-0.4, -0.2) is 24.0 Å². The maximum Gasteiger partial charge on any atom is 0.230 e. The van der Waals surface area contributed by atoms with E-state index in [1.807, 2.05) is 6.92 Å². The van der Waals surface area contributed by atoms with Crippen LogP contribution in [0.1, 0.15) is 24.9 Å². The van der Waals surface area contributed by atoms with E-state index in [1.54, 1.807) is 23.9 Å². The Morgan fingerprint density at radius 1 is 1.44 bits per heavy atom. The average molecular weight is 270 g/mol.